The number of amides is 1. The number of nitrogens with zero attached hydrogens (tertiary/aromatic N) is 1. The van der Waals surface area contributed by atoms with Gasteiger partial charge in [-0.25, -0.2) is 0 Å². The van der Waals surface area contributed by atoms with Crippen LogP contribution in [0.4, 0.5) is 0 Å². The van der Waals surface area contributed by atoms with Gasteiger partial charge in [0.05, 0.1) is 4.92 Å². The zero-order chi connectivity index (χ0) is 10.6. The van der Waals surface area contributed by atoms with Crippen LogP contribution in [0.3, 0.4) is 0 Å². The molecule has 0 aromatic heterocycles. The predicted molar refractivity (Wildman–Crippen MR) is 50.6 cm³/mol. The Kier molecular flexibility index (Phi) is 2.96. The van der Waals surface area contributed by atoms with Gasteiger partial charge in [-0.15, -0.1) is 0 Å². The van der Waals surface area contributed by atoms with Crippen molar-refractivity contribution < 1.29 is 9.72 Å². The lowest BCUT2D eigenvalue weighted by Gasteiger charge is -1.93. The third-order valence-corrected chi connectivity index (χ3v) is 1.55. The van der Waals surface area contributed by atoms with E-state index in [9.17, 15) is 14.9 Å². The smallest absolute Gasteiger partial charge is 0.333 e. The Hall–Kier alpha value is -2.17. The van der Waals surface area contributed by atoms with E-state index in [-0.39, 0.29) is 0 Å². The molecular formula is C9H8N2O3. The molecule has 0 aliphatic heterocycles. The maximum Gasteiger partial charge on any atom is 0.333 e. The van der Waals surface area contributed by atoms with Crippen LogP contribution in [0.15, 0.2) is 36.0 Å². The van der Waals surface area contributed by atoms with Gasteiger partial charge in [0, 0.05) is 6.08 Å². The summed E-state index contributed by atoms with van der Waals surface area (Å²) >= 11 is 0. The van der Waals surface area contributed by atoms with Crippen LogP contribution in [0.5, 0.6) is 0 Å². The summed E-state index contributed by atoms with van der Waals surface area (Å²) in [7, 11) is 0. The minimum atomic E-state index is -1.04. The van der Waals surface area contributed by atoms with E-state index in [1.165, 1.54) is 0 Å². The molecule has 1 aromatic carbocycles. The number of hydrogen-bond donors (Lipinski definition) is 1. The van der Waals surface area contributed by atoms with Crippen molar-refractivity contribution in [1.82, 2.24) is 0 Å². The van der Waals surface area contributed by atoms with E-state index < -0.39 is 16.5 Å². The van der Waals surface area contributed by atoms with Gasteiger partial charge in [-0.05, 0) is 5.56 Å². The topological polar surface area (TPSA) is 86.2 Å². The third kappa shape index (κ3) is 2.41. The van der Waals surface area contributed by atoms with Gasteiger partial charge < -0.3 is 5.73 Å². The van der Waals surface area contributed by atoms with Crippen molar-refractivity contribution in [3.8, 4) is 0 Å². The molecule has 0 heterocycles. The number of benzene rings is 1. The maximum absolute atomic E-state index is 10.7. The minimum absolute atomic E-state index is 0.568. The molecule has 72 valence electrons. The molecule has 0 bridgehead atoms. The molecule has 0 radical (unpaired) electrons. The van der Waals surface area contributed by atoms with Crippen molar-refractivity contribution >= 4 is 12.0 Å². The third-order valence-electron chi connectivity index (χ3n) is 1.55. The molecule has 1 amide bonds. The van der Waals surface area contributed by atoms with Gasteiger partial charge in [-0.2, -0.15) is 0 Å². The summed E-state index contributed by atoms with van der Waals surface area (Å²) in [4.78, 5) is 20.2. The minimum Gasteiger partial charge on any atom is -0.360 e. The fourth-order valence-corrected chi connectivity index (χ4v) is 0.921. The van der Waals surface area contributed by atoms with E-state index >= 15 is 0 Å². The second kappa shape index (κ2) is 4.18. The van der Waals surface area contributed by atoms with E-state index in [0.29, 0.717) is 5.56 Å². The lowest BCUT2D eigenvalue weighted by Crippen LogP contribution is -2.19. The first-order chi connectivity index (χ1) is 6.61. The average molecular weight is 192 g/mol. The number of rotatable bonds is 3. The van der Waals surface area contributed by atoms with E-state index in [4.69, 9.17) is 5.73 Å². The lowest BCUT2D eigenvalue weighted by atomic mass is 10.2. The molecule has 0 saturated carbocycles. The number of carbonyl (C=O) groups is 1. The summed E-state index contributed by atoms with van der Waals surface area (Å²) in [5, 5.41) is 10.4. The highest BCUT2D eigenvalue weighted by atomic mass is 16.6. The summed E-state index contributed by atoms with van der Waals surface area (Å²) in [6.07, 6.45) is 1.14. The number of primary amides is 1. The van der Waals surface area contributed by atoms with Crippen LogP contribution in [-0.4, -0.2) is 10.8 Å². The molecule has 0 aliphatic rings. The van der Waals surface area contributed by atoms with Crippen LogP contribution >= 0.6 is 0 Å². The van der Waals surface area contributed by atoms with E-state index in [2.05, 4.69) is 0 Å². The number of nitrogens with two attached hydrogens (primary N) is 1. The van der Waals surface area contributed by atoms with Crippen LogP contribution in [0.1, 0.15) is 5.56 Å². The summed E-state index contributed by atoms with van der Waals surface area (Å²) in [5.74, 6) is -1.04. The van der Waals surface area contributed by atoms with Gasteiger partial charge in [-0.1, -0.05) is 30.3 Å². The maximum atomic E-state index is 10.7. The Morgan fingerprint density at radius 2 is 1.93 bits per heavy atom. The summed E-state index contributed by atoms with van der Waals surface area (Å²) in [6, 6.07) is 8.49. The molecule has 14 heavy (non-hydrogen) atoms. The number of carbonyl (C=O) groups excluding carboxylic acids is 1. The van der Waals surface area contributed by atoms with Crippen molar-refractivity contribution in [1.29, 1.82) is 0 Å². The Balaban J connectivity index is 3.06. The lowest BCUT2D eigenvalue weighted by molar-refractivity contribution is -0.417. The van der Waals surface area contributed by atoms with Crippen LogP contribution in [0.25, 0.3) is 6.08 Å². The highest BCUT2D eigenvalue weighted by Gasteiger charge is 2.17. The molecule has 0 saturated heterocycles. The number of nitro groups is 1. The molecule has 2 N–H and O–H groups in total. The van der Waals surface area contributed by atoms with Crippen LogP contribution in [0, 0.1) is 10.1 Å². The molecule has 0 unspecified atom stereocenters. The summed E-state index contributed by atoms with van der Waals surface area (Å²) in [5.41, 5.74) is 4.79. The molecule has 0 fully saturated rings. The first kappa shape index (κ1) is 9.91. The fourth-order valence-electron chi connectivity index (χ4n) is 0.921. The van der Waals surface area contributed by atoms with Gasteiger partial charge in [-0.3, -0.25) is 14.9 Å². The van der Waals surface area contributed by atoms with Crippen LogP contribution in [-0.2, 0) is 4.79 Å². The molecule has 5 nitrogen and oxygen atoms in total. The fraction of sp³-hybridized carbons (Fsp3) is 0. The standard InChI is InChI=1S/C9H8N2O3/c10-9(12)8(11(13)14)6-7-4-2-1-3-5-7/h1-6H,(H2,10,12). The zero-order valence-corrected chi connectivity index (χ0v) is 7.21. The van der Waals surface area contributed by atoms with Gasteiger partial charge >= 0.3 is 11.6 Å². The molecule has 5 heteroatoms. The van der Waals surface area contributed by atoms with Crippen molar-refractivity contribution in [2.75, 3.05) is 0 Å². The molecule has 0 aliphatic carbocycles. The molecular weight excluding hydrogens is 184 g/mol. The predicted octanol–water partition coefficient (Wildman–Crippen LogP) is 0.790. The van der Waals surface area contributed by atoms with Gasteiger partial charge in [0.15, 0.2) is 0 Å². The summed E-state index contributed by atoms with van der Waals surface area (Å²) < 4.78 is 0. The molecule has 1 rings (SSSR count). The largest absolute Gasteiger partial charge is 0.360 e. The van der Waals surface area contributed by atoms with E-state index in [1.54, 1.807) is 30.3 Å². The highest BCUT2D eigenvalue weighted by molar-refractivity contribution is 5.93. The van der Waals surface area contributed by atoms with Crippen LogP contribution < -0.4 is 5.73 Å². The normalized spacial score (nSPS) is 11.0. The highest BCUT2D eigenvalue weighted by Crippen LogP contribution is 2.06. The SMILES string of the molecule is NC(=O)C(=Cc1ccccc1)[N+](=O)[O-]. The first-order valence-electron chi connectivity index (χ1n) is 3.82. The van der Waals surface area contributed by atoms with Gasteiger partial charge in [0.1, 0.15) is 0 Å². The Morgan fingerprint density at radius 3 is 2.36 bits per heavy atom. The first-order valence-corrected chi connectivity index (χ1v) is 3.82. The van der Waals surface area contributed by atoms with Crippen molar-refractivity contribution in [2.24, 2.45) is 5.73 Å². The molecule has 1 aromatic rings. The number of hydrogen-bond acceptors (Lipinski definition) is 3. The van der Waals surface area contributed by atoms with E-state index in [0.717, 1.165) is 6.08 Å². The Labute approximate surface area is 80.0 Å². The van der Waals surface area contributed by atoms with Crippen LogP contribution in [0.2, 0.25) is 0 Å². The van der Waals surface area contributed by atoms with E-state index in [1.807, 2.05) is 0 Å². The quantitative estimate of drug-likeness (QED) is 0.436. The molecule has 0 atom stereocenters. The van der Waals surface area contributed by atoms with Crippen molar-refractivity contribution in [3.63, 3.8) is 0 Å². The zero-order valence-electron chi connectivity index (χ0n) is 7.21. The Morgan fingerprint density at radius 1 is 1.36 bits per heavy atom. The van der Waals surface area contributed by atoms with Gasteiger partial charge in [0.25, 0.3) is 0 Å². The monoisotopic (exact) mass is 192 g/mol. The van der Waals surface area contributed by atoms with Crippen molar-refractivity contribution in [3.05, 3.63) is 51.7 Å². The van der Waals surface area contributed by atoms with Gasteiger partial charge in [0.2, 0.25) is 0 Å². The van der Waals surface area contributed by atoms with Crippen molar-refractivity contribution in [2.45, 2.75) is 0 Å². The molecule has 0 spiro atoms. The second-order valence-corrected chi connectivity index (χ2v) is 2.56. The average Bonchev–Trinajstić information content (AvgIpc) is 2.15. The Bertz CT molecular complexity index is 368. The second-order valence-electron chi connectivity index (χ2n) is 2.56. The summed E-state index contributed by atoms with van der Waals surface area (Å²) in [6.45, 7) is 0.